The molecule has 0 aliphatic carbocycles. The topological polar surface area (TPSA) is 84.5 Å². The van der Waals surface area contributed by atoms with E-state index in [1.54, 1.807) is 7.05 Å². The standard InChI is InChI=1S/C21H26N4O2/c1-13-5-6-14(2)25(13)17-9-7-15(8-10-17)16-11-18(21(26)27-4)20(23-3)19(12-16)24-22/h5-12,21,23-24,26H,22H2,1-4H3. The lowest BCUT2D eigenvalue weighted by molar-refractivity contribution is -0.0763. The van der Waals surface area contributed by atoms with Crippen molar-refractivity contribution in [1.82, 2.24) is 4.57 Å². The molecule has 0 bridgehead atoms. The van der Waals surface area contributed by atoms with E-state index in [4.69, 9.17) is 10.6 Å². The molecule has 5 N–H and O–H groups in total. The Morgan fingerprint density at radius 2 is 1.63 bits per heavy atom. The number of hydrogen-bond donors (Lipinski definition) is 4. The van der Waals surface area contributed by atoms with Crippen molar-refractivity contribution < 1.29 is 9.84 Å². The Balaban J connectivity index is 2.06. The molecule has 0 radical (unpaired) electrons. The van der Waals surface area contributed by atoms with Gasteiger partial charge >= 0.3 is 0 Å². The van der Waals surface area contributed by atoms with Crippen molar-refractivity contribution >= 4 is 11.4 Å². The van der Waals surface area contributed by atoms with E-state index >= 15 is 0 Å². The third-order valence-electron chi connectivity index (χ3n) is 4.79. The summed E-state index contributed by atoms with van der Waals surface area (Å²) in [6.45, 7) is 4.18. The van der Waals surface area contributed by atoms with Crippen LogP contribution < -0.4 is 16.6 Å². The van der Waals surface area contributed by atoms with Crippen LogP contribution in [0.1, 0.15) is 23.2 Å². The van der Waals surface area contributed by atoms with E-state index in [0.717, 1.165) is 16.8 Å². The minimum Gasteiger partial charge on any atom is -0.386 e. The summed E-state index contributed by atoms with van der Waals surface area (Å²) in [5.74, 6) is 5.69. The molecule has 3 rings (SSSR count). The number of aliphatic hydroxyl groups is 1. The maximum atomic E-state index is 10.2. The Morgan fingerprint density at radius 3 is 2.15 bits per heavy atom. The van der Waals surface area contributed by atoms with E-state index in [2.05, 4.69) is 65.6 Å². The summed E-state index contributed by atoms with van der Waals surface area (Å²) >= 11 is 0. The molecule has 0 saturated heterocycles. The molecule has 0 aliphatic heterocycles. The molecule has 6 heteroatoms. The van der Waals surface area contributed by atoms with Gasteiger partial charge in [0.2, 0.25) is 0 Å². The van der Waals surface area contributed by atoms with Crippen molar-refractivity contribution in [2.75, 3.05) is 24.9 Å². The summed E-state index contributed by atoms with van der Waals surface area (Å²) in [5, 5.41) is 13.3. The fourth-order valence-electron chi connectivity index (χ4n) is 3.42. The quantitative estimate of drug-likeness (QED) is 0.303. The number of aromatic nitrogens is 1. The van der Waals surface area contributed by atoms with Gasteiger partial charge in [0.1, 0.15) is 0 Å². The van der Waals surface area contributed by atoms with Gasteiger partial charge in [-0.2, -0.15) is 0 Å². The summed E-state index contributed by atoms with van der Waals surface area (Å²) < 4.78 is 7.32. The molecular formula is C21H26N4O2. The van der Waals surface area contributed by atoms with E-state index in [0.29, 0.717) is 16.9 Å². The van der Waals surface area contributed by atoms with Crippen LogP contribution in [-0.4, -0.2) is 23.8 Å². The molecule has 0 amide bonds. The summed E-state index contributed by atoms with van der Waals surface area (Å²) in [6, 6.07) is 16.4. The van der Waals surface area contributed by atoms with Gasteiger partial charge in [-0.15, -0.1) is 0 Å². The first-order chi connectivity index (χ1) is 13.0. The second kappa shape index (κ2) is 7.84. The van der Waals surface area contributed by atoms with Crippen molar-refractivity contribution in [1.29, 1.82) is 0 Å². The van der Waals surface area contributed by atoms with E-state index in [-0.39, 0.29) is 0 Å². The molecule has 1 unspecified atom stereocenters. The van der Waals surface area contributed by atoms with Crippen LogP contribution in [-0.2, 0) is 4.74 Å². The SMILES string of the molecule is CNc1c(NN)cc(-c2ccc(-n3c(C)ccc3C)cc2)cc1C(O)OC. The van der Waals surface area contributed by atoms with Crippen molar-refractivity contribution in [2.45, 2.75) is 20.1 Å². The van der Waals surface area contributed by atoms with E-state index in [1.807, 2.05) is 12.1 Å². The number of benzene rings is 2. The van der Waals surface area contributed by atoms with Crippen LogP contribution in [0, 0.1) is 13.8 Å². The molecule has 1 atom stereocenters. The molecular weight excluding hydrogens is 340 g/mol. The first kappa shape index (κ1) is 19.0. The van der Waals surface area contributed by atoms with Gasteiger partial charge in [0, 0.05) is 36.8 Å². The van der Waals surface area contributed by atoms with Crippen molar-refractivity contribution in [3.63, 3.8) is 0 Å². The fourth-order valence-corrected chi connectivity index (χ4v) is 3.42. The number of hydrazine groups is 1. The first-order valence-electron chi connectivity index (χ1n) is 8.79. The van der Waals surface area contributed by atoms with Gasteiger partial charge in [0.25, 0.3) is 0 Å². The van der Waals surface area contributed by atoms with Crippen molar-refractivity contribution in [2.24, 2.45) is 5.84 Å². The zero-order chi connectivity index (χ0) is 19.6. The molecule has 0 saturated carbocycles. The van der Waals surface area contributed by atoms with Crippen LogP contribution in [0.3, 0.4) is 0 Å². The highest BCUT2D eigenvalue weighted by molar-refractivity contribution is 5.80. The smallest absolute Gasteiger partial charge is 0.182 e. The van der Waals surface area contributed by atoms with Gasteiger partial charge in [-0.1, -0.05) is 12.1 Å². The lowest BCUT2D eigenvalue weighted by atomic mass is 9.99. The molecule has 2 aromatic carbocycles. The molecule has 1 aromatic heterocycles. The van der Waals surface area contributed by atoms with Crippen LogP contribution in [0.15, 0.2) is 48.5 Å². The van der Waals surface area contributed by atoms with Crippen LogP contribution in [0.5, 0.6) is 0 Å². The number of aryl methyl sites for hydroxylation is 2. The summed E-state index contributed by atoms with van der Waals surface area (Å²) in [4.78, 5) is 0. The third-order valence-corrected chi connectivity index (χ3v) is 4.79. The van der Waals surface area contributed by atoms with Crippen molar-refractivity contribution in [3.8, 4) is 16.8 Å². The average Bonchev–Trinajstić information content (AvgIpc) is 3.04. The number of hydrogen-bond acceptors (Lipinski definition) is 5. The van der Waals surface area contributed by atoms with Crippen LogP contribution in [0.4, 0.5) is 11.4 Å². The minimum atomic E-state index is -1.05. The molecule has 6 nitrogen and oxygen atoms in total. The molecule has 3 aromatic rings. The summed E-state index contributed by atoms with van der Waals surface area (Å²) in [6.07, 6.45) is -1.05. The largest absolute Gasteiger partial charge is 0.386 e. The Morgan fingerprint density at radius 1 is 1.00 bits per heavy atom. The van der Waals surface area contributed by atoms with Gasteiger partial charge in [-0.25, -0.2) is 0 Å². The molecule has 0 fully saturated rings. The van der Waals surface area contributed by atoms with Gasteiger partial charge < -0.3 is 25.2 Å². The van der Waals surface area contributed by atoms with Crippen molar-refractivity contribution in [3.05, 3.63) is 65.5 Å². The Bertz CT molecular complexity index is 913. The van der Waals surface area contributed by atoms with Gasteiger partial charge in [0.05, 0.1) is 11.4 Å². The number of anilines is 2. The van der Waals surface area contributed by atoms with E-state index in [1.165, 1.54) is 18.5 Å². The normalized spacial score (nSPS) is 12.1. The number of rotatable bonds is 6. The highest BCUT2D eigenvalue weighted by Gasteiger charge is 2.17. The third kappa shape index (κ3) is 3.55. The highest BCUT2D eigenvalue weighted by atomic mass is 16.6. The zero-order valence-corrected chi connectivity index (χ0v) is 16.1. The molecule has 0 spiro atoms. The monoisotopic (exact) mass is 366 g/mol. The number of ether oxygens (including phenoxy) is 1. The summed E-state index contributed by atoms with van der Waals surface area (Å²) in [7, 11) is 3.24. The molecule has 27 heavy (non-hydrogen) atoms. The average molecular weight is 366 g/mol. The second-order valence-electron chi connectivity index (χ2n) is 6.47. The number of nitrogens with zero attached hydrogens (tertiary/aromatic N) is 1. The zero-order valence-electron chi connectivity index (χ0n) is 16.1. The Labute approximate surface area is 159 Å². The lowest BCUT2D eigenvalue weighted by Gasteiger charge is -2.19. The maximum absolute atomic E-state index is 10.2. The first-order valence-corrected chi connectivity index (χ1v) is 8.79. The predicted octanol–water partition coefficient (Wildman–Crippen LogP) is 3.73. The number of nitrogens with one attached hydrogen (secondary N) is 2. The van der Waals surface area contributed by atoms with E-state index < -0.39 is 6.29 Å². The lowest BCUT2D eigenvalue weighted by Crippen LogP contribution is -2.12. The second-order valence-corrected chi connectivity index (χ2v) is 6.47. The maximum Gasteiger partial charge on any atom is 0.182 e. The van der Waals surface area contributed by atoms with Gasteiger partial charge in [0.15, 0.2) is 6.29 Å². The van der Waals surface area contributed by atoms with Crippen LogP contribution >= 0.6 is 0 Å². The minimum absolute atomic E-state index is 0.617. The number of aliphatic hydroxyl groups excluding tert-OH is 1. The number of nitrogens with two attached hydrogens (primary N) is 1. The van der Waals surface area contributed by atoms with Crippen LogP contribution in [0.25, 0.3) is 16.8 Å². The Kier molecular flexibility index (Phi) is 5.51. The van der Waals surface area contributed by atoms with Gasteiger partial charge in [-0.3, -0.25) is 5.84 Å². The molecule has 0 aliphatic rings. The van der Waals surface area contributed by atoms with Crippen LogP contribution in [0.2, 0.25) is 0 Å². The predicted molar refractivity (Wildman–Crippen MR) is 110 cm³/mol. The Hall–Kier alpha value is -2.80. The molecule has 1 heterocycles. The van der Waals surface area contributed by atoms with E-state index in [9.17, 15) is 5.11 Å². The highest BCUT2D eigenvalue weighted by Crippen LogP contribution is 2.36. The number of methoxy groups -OCH3 is 1. The van der Waals surface area contributed by atoms with Gasteiger partial charge in [-0.05, 0) is 61.4 Å². The fraction of sp³-hybridized carbons (Fsp3) is 0.238. The number of nitrogen functional groups attached to an aromatic ring is 1. The summed E-state index contributed by atoms with van der Waals surface area (Å²) in [5.41, 5.74) is 10.1. The molecule has 142 valence electrons.